The second-order valence-corrected chi connectivity index (χ2v) is 7.99. The van der Waals surface area contributed by atoms with Crippen LogP contribution in [0.5, 0.6) is 0 Å². The summed E-state index contributed by atoms with van der Waals surface area (Å²) in [6.45, 7) is 0. The fraction of sp³-hybridized carbons (Fsp3) is 0.0909. The number of nitrogens with two attached hydrogens (primary N) is 1. The monoisotopic (exact) mass is 457 g/mol. The lowest BCUT2D eigenvalue weighted by molar-refractivity contribution is 0.893. The molecule has 0 aliphatic heterocycles. The van der Waals surface area contributed by atoms with Gasteiger partial charge in [-0.3, -0.25) is 0 Å². The lowest BCUT2D eigenvalue weighted by Crippen LogP contribution is -2.10. The van der Waals surface area contributed by atoms with E-state index in [0.717, 1.165) is 23.2 Å². The first kappa shape index (κ1) is 14.0. The molecule has 1 nitrogen and oxygen atoms in total. The summed E-state index contributed by atoms with van der Waals surface area (Å²) in [5.41, 5.74) is 7.15. The molecular formula is C11H7Br3ClNS. The number of rotatable bonds is 2. The summed E-state index contributed by atoms with van der Waals surface area (Å²) in [5.74, 6) is 0. The molecule has 0 spiro atoms. The van der Waals surface area contributed by atoms with E-state index >= 15 is 0 Å². The molecule has 1 heterocycles. The van der Waals surface area contributed by atoms with E-state index in [2.05, 4.69) is 47.8 Å². The molecular weight excluding hydrogens is 453 g/mol. The van der Waals surface area contributed by atoms with E-state index in [1.807, 2.05) is 24.3 Å². The van der Waals surface area contributed by atoms with Gasteiger partial charge in [-0.15, -0.1) is 11.3 Å². The summed E-state index contributed by atoms with van der Waals surface area (Å²) in [5, 5.41) is 0.674. The van der Waals surface area contributed by atoms with Crippen molar-refractivity contribution in [1.29, 1.82) is 0 Å². The van der Waals surface area contributed by atoms with Crippen molar-refractivity contribution in [3.63, 3.8) is 0 Å². The molecule has 1 aromatic carbocycles. The Morgan fingerprint density at radius 3 is 2.41 bits per heavy atom. The molecule has 0 fully saturated rings. The van der Waals surface area contributed by atoms with Crippen LogP contribution in [0.4, 0.5) is 0 Å². The normalized spacial score (nSPS) is 12.8. The second-order valence-electron chi connectivity index (χ2n) is 3.41. The van der Waals surface area contributed by atoms with Gasteiger partial charge in [-0.25, -0.2) is 0 Å². The highest BCUT2D eigenvalue weighted by atomic mass is 79.9. The first-order chi connectivity index (χ1) is 7.99. The van der Waals surface area contributed by atoms with Gasteiger partial charge in [0.25, 0.3) is 0 Å². The van der Waals surface area contributed by atoms with E-state index in [-0.39, 0.29) is 6.04 Å². The standard InChI is InChI=1S/C11H7Br3ClNS/c12-5-1-2-6(8(15)3-5)10(16)9-4-7(13)11(14)17-9/h1-4,10H,16H2. The molecule has 0 aliphatic rings. The van der Waals surface area contributed by atoms with Crippen LogP contribution in [0, 0.1) is 0 Å². The molecule has 2 N–H and O–H groups in total. The number of benzene rings is 1. The Morgan fingerprint density at radius 1 is 1.18 bits per heavy atom. The Morgan fingerprint density at radius 2 is 1.88 bits per heavy atom. The second kappa shape index (κ2) is 5.72. The third-order valence-corrected chi connectivity index (χ3v) is 6.43. The van der Waals surface area contributed by atoms with Crippen LogP contribution in [0.3, 0.4) is 0 Å². The van der Waals surface area contributed by atoms with Crippen molar-refractivity contribution in [3.8, 4) is 0 Å². The van der Waals surface area contributed by atoms with Crippen molar-refractivity contribution in [3.05, 3.63) is 52.5 Å². The molecule has 0 aliphatic carbocycles. The number of halogens is 4. The smallest absolute Gasteiger partial charge is 0.0843 e. The van der Waals surface area contributed by atoms with Crippen molar-refractivity contribution >= 4 is 70.7 Å². The van der Waals surface area contributed by atoms with E-state index in [0.29, 0.717) is 5.02 Å². The van der Waals surface area contributed by atoms with Crippen molar-refractivity contribution in [2.45, 2.75) is 6.04 Å². The summed E-state index contributed by atoms with van der Waals surface area (Å²) in [6, 6.07) is 7.55. The van der Waals surface area contributed by atoms with Crippen LogP contribution in [0.2, 0.25) is 5.02 Å². The molecule has 0 radical (unpaired) electrons. The average molecular weight is 460 g/mol. The Kier molecular flexibility index (Phi) is 4.72. The Balaban J connectivity index is 2.39. The van der Waals surface area contributed by atoms with Crippen molar-refractivity contribution in [2.75, 3.05) is 0 Å². The molecule has 2 rings (SSSR count). The molecule has 0 saturated heterocycles. The number of hydrogen-bond donors (Lipinski definition) is 1. The van der Waals surface area contributed by atoms with Gasteiger partial charge in [-0.05, 0) is 55.6 Å². The van der Waals surface area contributed by atoms with Gasteiger partial charge in [0.2, 0.25) is 0 Å². The molecule has 6 heteroatoms. The third kappa shape index (κ3) is 3.14. The van der Waals surface area contributed by atoms with Crippen LogP contribution in [0.25, 0.3) is 0 Å². The molecule has 90 valence electrons. The van der Waals surface area contributed by atoms with Crippen LogP contribution in [-0.2, 0) is 0 Å². The quantitative estimate of drug-likeness (QED) is 0.608. The number of hydrogen-bond acceptors (Lipinski definition) is 2. The Hall–Kier alpha value is 0.610. The first-order valence-corrected chi connectivity index (χ1v) is 8.21. The molecule has 2 aromatic rings. The molecule has 1 unspecified atom stereocenters. The van der Waals surface area contributed by atoms with Crippen LogP contribution < -0.4 is 5.73 Å². The fourth-order valence-corrected chi connectivity index (χ4v) is 4.32. The van der Waals surface area contributed by atoms with Crippen molar-refractivity contribution < 1.29 is 0 Å². The summed E-state index contributed by atoms with van der Waals surface area (Å²) in [7, 11) is 0. The van der Waals surface area contributed by atoms with Crippen LogP contribution >= 0.6 is 70.7 Å². The first-order valence-electron chi connectivity index (χ1n) is 4.64. The van der Waals surface area contributed by atoms with E-state index in [1.54, 1.807) is 11.3 Å². The lowest BCUT2D eigenvalue weighted by atomic mass is 10.1. The van der Waals surface area contributed by atoms with Crippen molar-refractivity contribution in [1.82, 2.24) is 0 Å². The zero-order valence-corrected chi connectivity index (χ0v) is 14.7. The van der Waals surface area contributed by atoms with Gasteiger partial charge < -0.3 is 5.73 Å². The van der Waals surface area contributed by atoms with Gasteiger partial charge in [0, 0.05) is 18.8 Å². The minimum Gasteiger partial charge on any atom is -0.320 e. The maximum Gasteiger partial charge on any atom is 0.0843 e. The zero-order valence-electron chi connectivity index (χ0n) is 8.38. The van der Waals surface area contributed by atoms with E-state index in [9.17, 15) is 0 Å². The van der Waals surface area contributed by atoms with Crippen LogP contribution in [0.15, 0.2) is 37.0 Å². The number of thiophene rings is 1. The highest BCUT2D eigenvalue weighted by Crippen LogP contribution is 2.38. The van der Waals surface area contributed by atoms with Gasteiger partial charge in [0.15, 0.2) is 0 Å². The molecule has 0 amide bonds. The summed E-state index contributed by atoms with van der Waals surface area (Å²) in [6.07, 6.45) is 0. The van der Waals surface area contributed by atoms with Gasteiger partial charge in [-0.1, -0.05) is 33.6 Å². The van der Waals surface area contributed by atoms with E-state index < -0.39 is 0 Å². The average Bonchev–Trinajstić information content (AvgIpc) is 2.58. The van der Waals surface area contributed by atoms with Gasteiger partial charge >= 0.3 is 0 Å². The van der Waals surface area contributed by atoms with E-state index in [4.69, 9.17) is 17.3 Å². The van der Waals surface area contributed by atoms with Crippen molar-refractivity contribution in [2.24, 2.45) is 5.73 Å². The van der Waals surface area contributed by atoms with Crippen LogP contribution in [0.1, 0.15) is 16.5 Å². The minimum atomic E-state index is -0.205. The van der Waals surface area contributed by atoms with Gasteiger partial charge in [0.1, 0.15) is 0 Å². The predicted molar refractivity (Wildman–Crippen MR) is 84.9 cm³/mol. The molecule has 0 bridgehead atoms. The lowest BCUT2D eigenvalue weighted by Gasteiger charge is -2.12. The fourth-order valence-electron chi connectivity index (χ4n) is 1.42. The summed E-state index contributed by atoms with van der Waals surface area (Å²) in [4.78, 5) is 1.06. The molecule has 1 atom stereocenters. The van der Waals surface area contributed by atoms with Gasteiger partial charge in [-0.2, -0.15) is 0 Å². The van der Waals surface area contributed by atoms with Crippen LogP contribution in [-0.4, -0.2) is 0 Å². The molecule has 1 aromatic heterocycles. The Labute approximate surface area is 134 Å². The minimum absolute atomic E-state index is 0.205. The third-order valence-electron chi connectivity index (χ3n) is 2.27. The predicted octanol–water partition coefficient (Wildman–Crippen LogP) is 5.74. The van der Waals surface area contributed by atoms with Gasteiger partial charge in [0.05, 0.1) is 9.83 Å². The highest BCUT2D eigenvalue weighted by molar-refractivity contribution is 9.13. The zero-order chi connectivity index (χ0) is 12.6. The van der Waals surface area contributed by atoms with E-state index in [1.165, 1.54) is 0 Å². The molecule has 0 saturated carbocycles. The molecule has 17 heavy (non-hydrogen) atoms. The summed E-state index contributed by atoms with van der Waals surface area (Å²) >= 11 is 18.1. The summed E-state index contributed by atoms with van der Waals surface area (Å²) < 4.78 is 3.00. The SMILES string of the molecule is NC(c1cc(Br)c(Br)s1)c1ccc(Br)cc1Cl. The Bertz CT molecular complexity index is 536. The largest absolute Gasteiger partial charge is 0.320 e. The maximum atomic E-state index is 6.22. The maximum absolute atomic E-state index is 6.22. The topological polar surface area (TPSA) is 26.0 Å². The highest BCUT2D eigenvalue weighted by Gasteiger charge is 2.16.